The summed E-state index contributed by atoms with van der Waals surface area (Å²) < 4.78 is 18.1. The molecule has 7 heteroatoms. The molecule has 0 aliphatic rings. The van der Waals surface area contributed by atoms with Gasteiger partial charge in [0.15, 0.2) is 5.96 Å². The predicted octanol–water partition coefficient (Wildman–Crippen LogP) is 3.08. The van der Waals surface area contributed by atoms with Gasteiger partial charge in [0.05, 0.1) is 7.11 Å². The Morgan fingerprint density at radius 3 is 2.76 bits per heavy atom. The number of methoxy groups -OCH3 is 1. The van der Waals surface area contributed by atoms with Crippen LogP contribution in [-0.4, -0.2) is 37.4 Å². The zero-order valence-electron chi connectivity index (χ0n) is 14.5. The van der Waals surface area contributed by atoms with Gasteiger partial charge in [0.2, 0.25) is 5.88 Å². The van der Waals surface area contributed by atoms with Crippen LogP contribution < -0.4 is 15.4 Å². The summed E-state index contributed by atoms with van der Waals surface area (Å²) in [5, 5.41) is 6.52. The number of ether oxygens (including phenoxy) is 1. The van der Waals surface area contributed by atoms with E-state index in [9.17, 15) is 4.39 Å². The molecule has 0 aliphatic heterocycles. The molecule has 0 saturated heterocycles. The lowest BCUT2D eigenvalue weighted by Gasteiger charge is -2.13. The molecule has 0 bridgehead atoms. The van der Waals surface area contributed by atoms with Crippen molar-refractivity contribution in [3.05, 3.63) is 54.0 Å². The van der Waals surface area contributed by atoms with Gasteiger partial charge in [-0.15, -0.1) is 11.8 Å². The molecule has 5 nitrogen and oxygen atoms in total. The van der Waals surface area contributed by atoms with Crippen molar-refractivity contribution in [2.24, 2.45) is 4.99 Å². The molecular formula is C18H23FN4OS. The number of nitrogens with zero attached hydrogens (tertiary/aromatic N) is 2. The summed E-state index contributed by atoms with van der Waals surface area (Å²) in [6, 6.07) is 10.4. The van der Waals surface area contributed by atoms with Gasteiger partial charge in [0.1, 0.15) is 5.82 Å². The lowest BCUT2D eigenvalue weighted by atomic mass is 10.2. The number of hydrogen-bond acceptors (Lipinski definition) is 4. The Bertz CT molecular complexity index is 679. The second-order valence-corrected chi connectivity index (χ2v) is 6.35. The lowest BCUT2D eigenvalue weighted by molar-refractivity contribution is 0.392. The van der Waals surface area contributed by atoms with E-state index in [-0.39, 0.29) is 5.82 Å². The van der Waals surface area contributed by atoms with Crippen molar-refractivity contribution in [2.45, 2.75) is 17.9 Å². The molecular weight excluding hydrogens is 339 g/mol. The van der Waals surface area contributed by atoms with Gasteiger partial charge >= 0.3 is 0 Å². The first-order chi connectivity index (χ1) is 12.2. The number of nitrogens with one attached hydrogen (secondary N) is 2. The van der Waals surface area contributed by atoms with Gasteiger partial charge < -0.3 is 15.4 Å². The summed E-state index contributed by atoms with van der Waals surface area (Å²) in [4.78, 5) is 9.46. The van der Waals surface area contributed by atoms with E-state index < -0.39 is 0 Å². The molecule has 0 aliphatic carbocycles. The number of rotatable bonds is 8. The zero-order chi connectivity index (χ0) is 17.9. The Balaban J connectivity index is 1.67. The second-order valence-electron chi connectivity index (χ2n) is 5.18. The van der Waals surface area contributed by atoms with Crippen LogP contribution in [0.1, 0.15) is 12.0 Å². The summed E-state index contributed by atoms with van der Waals surface area (Å²) in [7, 11) is 3.35. The largest absolute Gasteiger partial charge is 0.481 e. The number of aromatic nitrogens is 1. The number of halogens is 1. The molecule has 1 aromatic carbocycles. The molecule has 2 N–H and O–H groups in total. The molecule has 0 atom stereocenters. The number of thioether (sulfide) groups is 1. The lowest BCUT2D eigenvalue weighted by Crippen LogP contribution is -2.37. The number of hydrogen-bond donors (Lipinski definition) is 2. The van der Waals surface area contributed by atoms with E-state index in [2.05, 4.69) is 20.6 Å². The minimum Gasteiger partial charge on any atom is -0.481 e. The van der Waals surface area contributed by atoms with E-state index in [0.29, 0.717) is 12.4 Å². The van der Waals surface area contributed by atoms with Crippen molar-refractivity contribution in [3.8, 4) is 5.88 Å². The highest BCUT2D eigenvalue weighted by Crippen LogP contribution is 2.18. The molecule has 2 aromatic rings. The first kappa shape index (κ1) is 19.1. The monoisotopic (exact) mass is 362 g/mol. The molecule has 1 heterocycles. The summed E-state index contributed by atoms with van der Waals surface area (Å²) in [5.74, 6) is 2.09. The number of benzene rings is 1. The normalized spacial score (nSPS) is 11.2. The Morgan fingerprint density at radius 2 is 2.04 bits per heavy atom. The van der Waals surface area contributed by atoms with Crippen molar-refractivity contribution in [2.75, 3.05) is 26.5 Å². The summed E-state index contributed by atoms with van der Waals surface area (Å²) >= 11 is 1.71. The first-order valence-corrected chi connectivity index (χ1v) is 9.02. The molecule has 0 unspecified atom stereocenters. The molecule has 0 saturated carbocycles. The zero-order valence-corrected chi connectivity index (χ0v) is 15.3. The average Bonchev–Trinajstić information content (AvgIpc) is 2.65. The van der Waals surface area contributed by atoms with Crippen LogP contribution in [0.4, 0.5) is 4.39 Å². The topological polar surface area (TPSA) is 58.5 Å². The standard InChI is InChI=1S/C18H23FN4OS/c1-20-18(23-13-14-5-3-10-21-17(14)24-2)22-11-4-12-25-16-8-6-15(19)7-9-16/h3,5-10H,4,11-13H2,1-2H3,(H2,20,22,23). The highest BCUT2D eigenvalue weighted by Gasteiger charge is 2.04. The van der Waals surface area contributed by atoms with Gasteiger partial charge in [-0.1, -0.05) is 6.07 Å². The van der Waals surface area contributed by atoms with Crippen molar-refractivity contribution >= 4 is 17.7 Å². The molecule has 0 spiro atoms. The van der Waals surface area contributed by atoms with Crippen molar-refractivity contribution in [1.29, 1.82) is 0 Å². The maximum absolute atomic E-state index is 12.8. The van der Waals surface area contributed by atoms with Crippen LogP contribution in [-0.2, 0) is 6.54 Å². The summed E-state index contributed by atoms with van der Waals surface area (Å²) in [6.45, 7) is 1.39. The second kappa shape index (κ2) is 10.6. The maximum Gasteiger partial charge on any atom is 0.218 e. The summed E-state index contributed by atoms with van der Waals surface area (Å²) in [6.07, 6.45) is 2.67. The fraction of sp³-hybridized carbons (Fsp3) is 0.333. The van der Waals surface area contributed by atoms with Gasteiger partial charge in [-0.25, -0.2) is 9.37 Å². The van der Waals surface area contributed by atoms with Gasteiger partial charge in [-0.05, 0) is 42.5 Å². The number of guanidine groups is 1. The van der Waals surface area contributed by atoms with Crippen molar-refractivity contribution < 1.29 is 9.13 Å². The third kappa shape index (κ3) is 6.62. The van der Waals surface area contributed by atoms with Crippen molar-refractivity contribution in [1.82, 2.24) is 15.6 Å². The van der Waals surface area contributed by atoms with Crippen LogP contribution in [0.2, 0.25) is 0 Å². The highest BCUT2D eigenvalue weighted by molar-refractivity contribution is 7.99. The van der Waals surface area contributed by atoms with Crippen LogP contribution in [0.25, 0.3) is 0 Å². The molecule has 0 amide bonds. The van der Waals surface area contributed by atoms with Crippen LogP contribution >= 0.6 is 11.8 Å². The SMILES string of the molecule is CN=C(NCCCSc1ccc(F)cc1)NCc1cccnc1OC. The van der Waals surface area contributed by atoms with E-state index >= 15 is 0 Å². The predicted molar refractivity (Wildman–Crippen MR) is 101 cm³/mol. The van der Waals surface area contributed by atoms with E-state index in [1.807, 2.05) is 12.1 Å². The van der Waals surface area contributed by atoms with Gasteiger partial charge in [0, 0.05) is 36.8 Å². The number of pyridine rings is 1. The molecule has 0 radical (unpaired) electrons. The fourth-order valence-corrected chi connectivity index (χ4v) is 2.99. The minimum atomic E-state index is -0.203. The first-order valence-electron chi connectivity index (χ1n) is 8.03. The minimum absolute atomic E-state index is 0.203. The van der Waals surface area contributed by atoms with E-state index in [1.54, 1.807) is 44.2 Å². The molecule has 0 fully saturated rings. The number of aliphatic imine (C=N–C) groups is 1. The smallest absolute Gasteiger partial charge is 0.218 e. The highest BCUT2D eigenvalue weighted by atomic mass is 32.2. The Labute approximate surface area is 152 Å². The van der Waals surface area contributed by atoms with Gasteiger partial charge in [-0.3, -0.25) is 4.99 Å². The van der Waals surface area contributed by atoms with Gasteiger partial charge in [-0.2, -0.15) is 0 Å². The fourth-order valence-electron chi connectivity index (χ4n) is 2.14. The van der Waals surface area contributed by atoms with Crippen LogP contribution in [0.15, 0.2) is 52.5 Å². The van der Waals surface area contributed by atoms with E-state index in [4.69, 9.17) is 4.74 Å². The molecule has 134 valence electrons. The Hall–Kier alpha value is -2.28. The third-order valence-corrected chi connectivity index (χ3v) is 4.51. The maximum atomic E-state index is 12.8. The average molecular weight is 362 g/mol. The molecule has 1 aromatic heterocycles. The van der Waals surface area contributed by atoms with Crippen molar-refractivity contribution in [3.63, 3.8) is 0 Å². The van der Waals surface area contributed by atoms with Crippen LogP contribution in [0, 0.1) is 5.82 Å². The molecule has 2 rings (SSSR count). The summed E-state index contributed by atoms with van der Waals surface area (Å²) in [5.41, 5.74) is 0.972. The van der Waals surface area contributed by atoms with E-state index in [1.165, 1.54) is 12.1 Å². The quantitative estimate of drug-likeness (QED) is 0.327. The van der Waals surface area contributed by atoms with Gasteiger partial charge in [0.25, 0.3) is 0 Å². The van der Waals surface area contributed by atoms with Crippen LogP contribution in [0.3, 0.4) is 0 Å². The Kier molecular flexibility index (Phi) is 8.04. The van der Waals surface area contributed by atoms with E-state index in [0.717, 1.165) is 35.1 Å². The Morgan fingerprint density at radius 1 is 1.24 bits per heavy atom. The third-order valence-electron chi connectivity index (χ3n) is 3.41. The van der Waals surface area contributed by atoms with Crippen LogP contribution in [0.5, 0.6) is 5.88 Å². The molecule has 25 heavy (non-hydrogen) atoms.